The zero-order valence-electron chi connectivity index (χ0n) is 19.4. The van der Waals surface area contributed by atoms with E-state index in [-0.39, 0.29) is 17.0 Å². The third kappa shape index (κ3) is 4.48. The molecule has 1 saturated carbocycles. The van der Waals surface area contributed by atoms with E-state index in [0.29, 0.717) is 11.6 Å². The number of carboxylic acid groups (broad SMARTS) is 1. The lowest BCUT2D eigenvalue weighted by Gasteiger charge is -2.34. The number of hydrogen-bond donors (Lipinski definition) is 2. The van der Waals surface area contributed by atoms with Crippen LogP contribution in [0.5, 0.6) is 0 Å². The fourth-order valence-corrected chi connectivity index (χ4v) is 4.96. The number of fused-ring (bicyclic) bond motifs is 1. The number of carbonyl (C=O) groups is 1. The summed E-state index contributed by atoms with van der Waals surface area (Å²) < 4.78 is 1.88. The van der Waals surface area contributed by atoms with Crippen LogP contribution in [0.15, 0.2) is 41.5 Å². The molecule has 0 amide bonds. The number of benzene rings is 1. The number of piperazine rings is 1. The topological polar surface area (TPSA) is 104 Å². The molecule has 3 heterocycles. The van der Waals surface area contributed by atoms with Crippen molar-refractivity contribution in [3.05, 3.63) is 52.4 Å². The Hall–Kier alpha value is -3.46. The highest BCUT2D eigenvalue weighted by molar-refractivity contribution is 5.91. The first-order valence-corrected chi connectivity index (χ1v) is 12.0. The van der Waals surface area contributed by atoms with Crippen LogP contribution in [0.1, 0.15) is 48.5 Å². The summed E-state index contributed by atoms with van der Waals surface area (Å²) in [7, 11) is 2.14. The molecule has 0 radical (unpaired) electrons. The third-order valence-corrected chi connectivity index (χ3v) is 6.94. The van der Waals surface area contributed by atoms with Crippen molar-refractivity contribution in [2.75, 3.05) is 43.4 Å². The standard InChI is InChI=1S/C25H30N6O3/c1-29-10-12-30(13-11-29)19-9-5-6-17(14-19)27-25-26-15-20-22(32)21(24(33)34)16-31(23(20)28-25)18-7-3-2-4-8-18/h5-6,9,14-16,18H,2-4,7-8,10-13H2,1H3,(H,33,34)(H,26,27,28). The molecule has 1 aliphatic carbocycles. The molecule has 0 atom stereocenters. The van der Waals surface area contributed by atoms with Gasteiger partial charge in [0.1, 0.15) is 11.2 Å². The summed E-state index contributed by atoms with van der Waals surface area (Å²) in [6.07, 6.45) is 8.13. The number of hydrogen-bond acceptors (Lipinski definition) is 7. The summed E-state index contributed by atoms with van der Waals surface area (Å²) in [4.78, 5) is 38.3. The van der Waals surface area contributed by atoms with E-state index in [0.717, 1.165) is 63.2 Å². The molecular formula is C25H30N6O3. The fourth-order valence-electron chi connectivity index (χ4n) is 4.96. The molecule has 0 unspecified atom stereocenters. The van der Waals surface area contributed by atoms with Crippen LogP contribution in [0.2, 0.25) is 0 Å². The van der Waals surface area contributed by atoms with Gasteiger partial charge in [-0.25, -0.2) is 9.78 Å². The summed E-state index contributed by atoms with van der Waals surface area (Å²) in [5.41, 5.74) is 1.71. The van der Waals surface area contributed by atoms with Gasteiger partial charge >= 0.3 is 5.97 Å². The van der Waals surface area contributed by atoms with Crippen molar-refractivity contribution in [1.29, 1.82) is 0 Å². The number of anilines is 3. The van der Waals surface area contributed by atoms with Gasteiger partial charge in [-0.2, -0.15) is 4.98 Å². The van der Waals surface area contributed by atoms with Crippen molar-refractivity contribution < 1.29 is 9.90 Å². The Balaban J connectivity index is 1.49. The molecule has 1 aliphatic heterocycles. The average Bonchev–Trinajstić information content (AvgIpc) is 2.85. The molecular weight excluding hydrogens is 432 g/mol. The maximum absolute atomic E-state index is 12.8. The molecule has 178 valence electrons. The highest BCUT2D eigenvalue weighted by atomic mass is 16.4. The predicted octanol–water partition coefficient (Wildman–Crippen LogP) is 3.49. The second-order valence-electron chi connectivity index (χ2n) is 9.27. The van der Waals surface area contributed by atoms with Crippen molar-refractivity contribution >= 4 is 34.3 Å². The average molecular weight is 463 g/mol. The molecule has 2 fully saturated rings. The van der Waals surface area contributed by atoms with Gasteiger partial charge in [-0.05, 0) is 38.1 Å². The molecule has 5 rings (SSSR count). The van der Waals surface area contributed by atoms with Gasteiger partial charge < -0.3 is 24.8 Å². The highest BCUT2D eigenvalue weighted by Gasteiger charge is 2.22. The van der Waals surface area contributed by atoms with Gasteiger partial charge in [0.15, 0.2) is 0 Å². The van der Waals surface area contributed by atoms with E-state index >= 15 is 0 Å². The van der Waals surface area contributed by atoms with Gasteiger partial charge in [0.2, 0.25) is 11.4 Å². The number of aromatic carboxylic acids is 1. The molecule has 0 bridgehead atoms. The van der Waals surface area contributed by atoms with E-state index in [1.807, 2.05) is 16.7 Å². The summed E-state index contributed by atoms with van der Waals surface area (Å²) in [6, 6.07) is 8.29. The number of likely N-dealkylation sites (N-methyl/N-ethyl adjacent to an activating group) is 1. The second-order valence-corrected chi connectivity index (χ2v) is 9.27. The van der Waals surface area contributed by atoms with Gasteiger partial charge in [-0.3, -0.25) is 4.79 Å². The van der Waals surface area contributed by atoms with Gasteiger partial charge in [-0.1, -0.05) is 25.3 Å². The van der Waals surface area contributed by atoms with Crippen LogP contribution in [0, 0.1) is 0 Å². The quantitative estimate of drug-likeness (QED) is 0.594. The van der Waals surface area contributed by atoms with Crippen LogP contribution in [0.25, 0.3) is 11.0 Å². The molecule has 1 saturated heterocycles. The van der Waals surface area contributed by atoms with E-state index < -0.39 is 11.4 Å². The van der Waals surface area contributed by atoms with Crippen molar-refractivity contribution in [2.45, 2.75) is 38.1 Å². The van der Waals surface area contributed by atoms with Crippen molar-refractivity contribution in [3.63, 3.8) is 0 Å². The van der Waals surface area contributed by atoms with Crippen LogP contribution in [0.4, 0.5) is 17.3 Å². The highest BCUT2D eigenvalue weighted by Crippen LogP contribution is 2.30. The minimum Gasteiger partial charge on any atom is -0.477 e. The summed E-state index contributed by atoms with van der Waals surface area (Å²) in [6.45, 7) is 4.02. The van der Waals surface area contributed by atoms with E-state index in [1.165, 1.54) is 18.8 Å². The van der Waals surface area contributed by atoms with Gasteiger partial charge in [0, 0.05) is 56.0 Å². The molecule has 2 aliphatic rings. The molecule has 9 nitrogen and oxygen atoms in total. The smallest absolute Gasteiger partial charge is 0.341 e. The lowest BCUT2D eigenvalue weighted by Crippen LogP contribution is -2.44. The van der Waals surface area contributed by atoms with E-state index in [2.05, 4.69) is 44.3 Å². The number of rotatable bonds is 5. The summed E-state index contributed by atoms with van der Waals surface area (Å²) in [5, 5.41) is 13.1. The first-order chi connectivity index (χ1) is 16.5. The van der Waals surface area contributed by atoms with Crippen LogP contribution < -0.4 is 15.6 Å². The fraction of sp³-hybridized carbons (Fsp3) is 0.440. The number of pyridine rings is 1. The molecule has 2 aromatic heterocycles. The lowest BCUT2D eigenvalue weighted by molar-refractivity contribution is 0.0694. The minimum absolute atomic E-state index is 0.123. The largest absolute Gasteiger partial charge is 0.477 e. The lowest BCUT2D eigenvalue weighted by atomic mass is 9.95. The molecule has 34 heavy (non-hydrogen) atoms. The number of carboxylic acids is 1. The number of nitrogens with zero attached hydrogens (tertiary/aromatic N) is 5. The Labute approximate surface area is 198 Å². The van der Waals surface area contributed by atoms with Crippen LogP contribution in [0.3, 0.4) is 0 Å². The SMILES string of the molecule is CN1CCN(c2cccc(Nc3ncc4c(=O)c(C(=O)O)cn(C5CCCCC5)c4n3)c2)CC1. The third-order valence-electron chi connectivity index (χ3n) is 6.94. The maximum Gasteiger partial charge on any atom is 0.341 e. The van der Waals surface area contributed by atoms with Gasteiger partial charge in [0.25, 0.3) is 0 Å². The van der Waals surface area contributed by atoms with E-state index in [9.17, 15) is 14.7 Å². The first-order valence-electron chi connectivity index (χ1n) is 12.0. The zero-order chi connectivity index (χ0) is 23.7. The molecule has 2 N–H and O–H groups in total. The zero-order valence-corrected chi connectivity index (χ0v) is 19.4. The van der Waals surface area contributed by atoms with Crippen LogP contribution >= 0.6 is 0 Å². The van der Waals surface area contributed by atoms with Gasteiger partial charge in [-0.15, -0.1) is 0 Å². The number of nitrogens with one attached hydrogen (secondary N) is 1. The Bertz CT molecular complexity index is 1260. The molecule has 9 heteroatoms. The first kappa shape index (κ1) is 22.3. The van der Waals surface area contributed by atoms with E-state index in [1.54, 1.807) is 0 Å². The Morgan fingerprint density at radius 1 is 1.12 bits per heavy atom. The Morgan fingerprint density at radius 3 is 2.62 bits per heavy atom. The van der Waals surface area contributed by atoms with Crippen molar-refractivity contribution in [1.82, 2.24) is 19.4 Å². The minimum atomic E-state index is -1.22. The molecule has 1 aromatic carbocycles. The molecule has 0 spiro atoms. The monoisotopic (exact) mass is 462 g/mol. The summed E-state index contributed by atoms with van der Waals surface area (Å²) in [5.74, 6) is -0.838. The van der Waals surface area contributed by atoms with E-state index in [4.69, 9.17) is 0 Å². The van der Waals surface area contributed by atoms with Gasteiger partial charge in [0.05, 0.1) is 5.39 Å². The predicted molar refractivity (Wildman–Crippen MR) is 132 cm³/mol. The second kappa shape index (κ2) is 9.42. The normalized spacial score (nSPS) is 17.7. The van der Waals surface area contributed by atoms with Crippen LogP contribution in [-0.2, 0) is 0 Å². The summed E-state index contributed by atoms with van der Waals surface area (Å²) >= 11 is 0. The molecule has 3 aromatic rings. The Kier molecular flexibility index (Phi) is 6.19. The number of aromatic nitrogens is 3. The van der Waals surface area contributed by atoms with Crippen LogP contribution in [-0.4, -0.2) is 63.7 Å². The van der Waals surface area contributed by atoms with Crippen molar-refractivity contribution in [3.8, 4) is 0 Å². The Morgan fingerprint density at radius 2 is 1.88 bits per heavy atom. The van der Waals surface area contributed by atoms with Crippen molar-refractivity contribution in [2.24, 2.45) is 0 Å². The maximum atomic E-state index is 12.8.